The molecule has 0 saturated heterocycles. The fourth-order valence-electron chi connectivity index (χ4n) is 1.81. The number of para-hydroxylation sites is 1. The molecule has 6 heteroatoms. The van der Waals surface area contributed by atoms with Gasteiger partial charge in [0.1, 0.15) is 5.75 Å². The fraction of sp³-hybridized carbons (Fsp3) is 0.429. The number of ether oxygens (including phenoxy) is 2. The van der Waals surface area contributed by atoms with E-state index < -0.39 is 17.4 Å². The minimum absolute atomic E-state index is 0.0383. The first-order chi connectivity index (χ1) is 9.42. The van der Waals surface area contributed by atoms with Crippen LogP contribution in [0.15, 0.2) is 24.3 Å². The van der Waals surface area contributed by atoms with Gasteiger partial charge in [0.15, 0.2) is 5.54 Å². The first kappa shape index (κ1) is 16.0. The van der Waals surface area contributed by atoms with E-state index >= 15 is 0 Å². The van der Waals surface area contributed by atoms with Crippen LogP contribution in [-0.2, 0) is 20.7 Å². The van der Waals surface area contributed by atoms with Crippen LogP contribution in [0.4, 0.5) is 0 Å². The smallest absolute Gasteiger partial charge is 0.331 e. The second-order valence-corrected chi connectivity index (χ2v) is 4.61. The van der Waals surface area contributed by atoms with Crippen LogP contribution in [0.5, 0.6) is 5.75 Å². The highest BCUT2D eigenvalue weighted by atomic mass is 16.5. The number of benzene rings is 1. The van der Waals surface area contributed by atoms with Crippen molar-refractivity contribution in [2.45, 2.75) is 18.9 Å². The number of aliphatic carboxylic acids is 1. The van der Waals surface area contributed by atoms with Crippen LogP contribution in [0.1, 0.15) is 12.5 Å². The number of amides is 1. The summed E-state index contributed by atoms with van der Waals surface area (Å²) in [5.41, 5.74) is -0.758. The number of carbonyl (C=O) groups excluding carboxylic acids is 1. The van der Waals surface area contributed by atoms with Gasteiger partial charge in [-0.3, -0.25) is 4.79 Å². The molecule has 1 aromatic rings. The van der Waals surface area contributed by atoms with Crippen molar-refractivity contribution in [2.24, 2.45) is 0 Å². The van der Waals surface area contributed by atoms with Gasteiger partial charge in [-0.15, -0.1) is 0 Å². The molecule has 2 N–H and O–H groups in total. The summed E-state index contributed by atoms with van der Waals surface area (Å²) >= 11 is 0. The van der Waals surface area contributed by atoms with Gasteiger partial charge in [-0.1, -0.05) is 18.2 Å². The average molecular weight is 281 g/mol. The molecule has 0 aliphatic rings. The molecule has 110 valence electrons. The zero-order valence-corrected chi connectivity index (χ0v) is 11.8. The molecule has 0 fully saturated rings. The normalized spacial score (nSPS) is 13.3. The molecule has 1 aromatic carbocycles. The Bertz CT molecular complexity index is 488. The lowest BCUT2D eigenvalue weighted by Gasteiger charge is -2.25. The van der Waals surface area contributed by atoms with Crippen LogP contribution in [0.3, 0.4) is 0 Å². The Morgan fingerprint density at radius 1 is 1.30 bits per heavy atom. The van der Waals surface area contributed by atoms with Gasteiger partial charge in [-0.2, -0.15) is 0 Å². The molecule has 0 spiro atoms. The van der Waals surface area contributed by atoms with Gasteiger partial charge in [-0.05, 0) is 13.0 Å². The Morgan fingerprint density at radius 2 is 1.95 bits per heavy atom. The largest absolute Gasteiger partial charge is 0.496 e. The third-order valence-corrected chi connectivity index (χ3v) is 2.86. The maximum Gasteiger partial charge on any atom is 0.331 e. The quantitative estimate of drug-likeness (QED) is 0.773. The minimum Gasteiger partial charge on any atom is -0.496 e. The van der Waals surface area contributed by atoms with Crippen molar-refractivity contribution in [1.29, 1.82) is 0 Å². The van der Waals surface area contributed by atoms with E-state index in [-0.39, 0.29) is 13.0 Å². The van der Waals surface area contributed by atoms with Crippen LogP contribution >= 0.6 is 0 Å². The second kappa shape index (κ2) is 6.91. The lowest BCUT2D eigenvalue weighted by Crippen LogP contribution is -2.55. The Kier molecular flexibility index (Phi) is 5.52. The zero-order valence-electron chi connectivity index (χ0n) is 11.8. The lowest BCUT2D eigenvalue weighted by molar-refractivity contribution is -0.149. The Hall–Kier alpha value is -2.08. The molecule has 0 aliphatic carbocycles. The molecule has 1 unspecified atom stereocenters. The summed E-state index contributed by atoms with van der Waals surface area (Å²) < 4.78 is 9.99. The maximum absolute atomic E-state index is 12.0. The van der Waals surface area contributed by atoms with Gasteiger partial charge in [0.2, 0.25) is 5.91 Å². The van der Waals surface area contributed by atoms with E-state index in [4.69, 9.17) is 14.6 Å². The van der Waals surface area contributed by atoms with Crippen molar-refractivity contribution >= 4 is 11.9 Å². The minimum atomic E-state index is -1.45. The number of carboxylic acid groups (broad SMARTS) is 1. The van der Waals surface area contributed by atoms with E-state index in [0.29, 0.717) is 11.3 Å². The molecule has 0 aromatic heterocycles. The number of methoxy groups -OCH3 is 2. The SMILES string of the molecule is COCC(C)(NC(=O)Cc1ccccc1OC)C(=O)O. The summed E-state index contributed by atoms with van der Waals surface area (Å²) in [4.78, 5) is 23.2. The van der Waals surface area contributed by atoms with Crippen molar-refractivity contribution in [2.75, 3.05) is 20.8 Å². The molecule has 0 saturated carbocycles. The topological polar surface area (TPSA) is 84.9 Å². The summed E-state index contributed by atoms with van der Waals surface area (Å²) in [7, 11) is 2.90. The summed E-state index contributed by atoms with van der Waals surface area (Å²) in [6.45, 7) is 1.29. The second-order valence-electron chi connectivity index (χ2n) is 4.61. The van der Waals surface area contributed by atoms with Gasteiger partial charge >= 0.3 is 5.97 Å². The van der Waals surface area contributed by atoms with Crippen molar-refractivity contribution in [3.05, 3.63) is 29.8 Å². The van der Waals surface area contributed by atoms with Gasteiger partial charge in [-0.25, -0.2) is 4.79 Å². The monoisotopic (exact) mass is 281 g/mol. The molecule has 0 radical (unpaired) electrons. The highest BCUT2D eigenvalue weighted by Crippen LogP contribution is 2.18. The van der Waals surface area contributed by atoms with Crippen molar-refractivity contribution < 1.29 is 24.2 Å². The Balaban J connectivity index is 2.78. The third-order valence-electron chi connectivity index (χ3n) is 2.86. The van der Waals surface area contributed by atoms with E-state index in [0.717, 1.165) is 0 Å². The van der Waals surface area contributed by atoms with Crippen LogP contribution in [0.25, 0.3) is 0 Å². The zero-order chi connectivity index (χ0) is 15.2. The van der Waals surface area contributed by atoms with Gasteiger partial charge in [0, 0.05) is 12.7 Å². The lowest BCUT2D eigenvalue weighted by atomic mass is 10.0. The standard InChI is InChI=1S/C14H19NO5/c1-14(9-19-2,13(17)18)15-12(16)8-10-6-4-5-7-11(10)20-3/h4-7H,8-9H2,1-3H3,(H,15,16)(H,17,18). The van der Waals surface area contributed by atoms with Gasteiger partial charge in [0.05, 0.1) is 20.1 Å². The summed E-state index contributed by atoms with van der Waals surface area (Å²) in [5, 5.41) is 11.6. The molecular formula is C14H19NO5. The Morgan fingerprint density at radius 3 is 2.50 bits per heavy atom. The molecule has 20 heavy (non-hydrogen) atoms. The molecule has 1 rings (SSSR count). The predicted molar refractivity (Wildman–Crippen MR) is 72.8 cm³/mol. The highest BCUT2D eigenvalue weighted by molar-refractivity contribution is 5.88. The highest BCUT2D eigenvalue weighted by Gasteiger charge is 2.35. The average Bonchev–Trinajstić information content (AvgIpc) is 2.39. The Labute approximate surface area is 117 Å². The summed E-state index contributed by atoms with van der Waals surface area (Å²) in [5.74, 6) is -0.962. The number of carbonyl (C=O) groups is 2. The molecule has 1 amide bonds. The first-order valence-corrected chi connectivity index (χ1v) is 6.08. The molecule has 0 bridgehead atoms. The van der Waals surface area contributed by atoms with E-state index in [1.807, 2.05) is 0 Å². The number of hydrogen-bond acceptors (Lipinski definition) is 4. The summed E-state index contributed by atoms with van der Waals surface area (Å²) in [6, 6.07) is 7.09. The third kappa shape index (κ3) is 3.96. The van der Waals surface area contributed by atoms with E-state index in [1.54, 1.807) is 24.3 Å². The molecule has 0 aliphatic heterocycles. The van der Waals surface area contributed by atoms with Crippen molar-refractivity contribution in [3.8, 4) is 5.75 Å². The van der Waals surface area contributed by atoms with Gasteiger partial charge in [0.25, 0.3) is 0 Å². The van der Waals surface area contributed by atoms with E-state index in [1.165, 1.54) is 21.1 Å². The number of rotatable bonds is 7. The maximum atomic E-state index is 12.0. The number of hydrogen-bond donors (Lipinski definition) is 2. The fourth-order valence-corrected chi connectivity index (χ4v) is 1.81. The van der Waals surface area contributed by atoms with E-state index in [2.05, 4.69) is 5.32 Å². The van der Waals surface area contributed by atoms with Crippen LogP contribution < -0.4 is 10.1 Å². The number of nitrogens with one attached hydrogen (secondary N) is 1. The number of carboxylic acids is 1. The van der Waals surface area contributed by atoms with Crippen LogP contribution in [0, 0.1) is 0 Å². The molecule has 1 atom stereocenters. The van der Waals surface area contributed by atoms with Gasteiger partial charge < -0.3 is 19.9 Å². The molecule has 0 heterocycles. The van der Waals surface area contributed by atoms with Crippen LogP contribution in [0.2, 0.25) is 0 Å². The molecule has 6 nitrogen and oxygen atoms in total. The molecular weight excluding hydrogens is 262 g/mol. The van der Waals surface area contributed by atoms with Crippen molar-refractivity contribution in [1.82, 2.24) is 5.32 Å². The first-order valence-electron chi connectivity index (χ1n) is 6.08. The van der Waals surface area contributed by atoms with Crippen LogP contribution in [-0.4, -0.2) is 43.3 Å². The predicted octanol–water partition coefficient (Wildman–Crippen LogP) is 0.844. The van der Waals surface area contributed by atoms with E-state index in [9.17, 15) is 9.59 Å². The van der Waals surface area contributed by atoms with Crippen molar-refractivity contribution in [3.63, 3.8) is 0 Å². The summed E-state index contributed by atoms with van der Waals surface area (Å²) in [6.07, 6.45) is 0.0383.